The van der Waals surface area contributed by atoms with Crippen LogP contribution in [0, 0.1) is 0 Å². The predicted octanol–water partition coefficient (Wildman–Crippen LogP) is 3.22. The van der Waals surface area contributed by atoms with E-state index >= 15 is 0 Å². The molecule has 1 aromatic carbocycles. The van der Waals surface area contributed by atoms with Gasteiger partial charge in [-0.05, 0) is 29.1 Å². The van der Waals surface area contributed by atoms with Gasteiger partial charge in [-0.15, -0.1) is 11.3 Å². The van der Waals surface area contributed by atoms with E-state index in [2.05, 4.69) is 44.8 Å². The summed E-state index contributed by atoms with van der Waals surface area (Å²) in [5.41, 5.74) is 1.92. The Bertz CT molecular complexity index is 882. The Kier molecular flexibility index (Phi) is 5.46. The fourth-order valence-electron chi connectivity index (χ4n) is 3.28. The van der Waals surface area contributed by atoms with Gasteiger partial charge in [0.25, 0.3) is 5.91 Å². The zero-order valence-electron chi connectivity index (χ0n) is 15.0. The summed E-state index contributed by atoms with van der Waals surface area (Å²) in [5.74, 6) is 0.781. The van der Waals surface area contributed by atoms with Gasteiger partial charge in [-0.3, -0.25) is 4.79 Å². The van der Waals surface area contributed by atoms with E-state index in [4.69, 9.17) is 0 Å². The average molecular weight is 379 g/mol. The minimum absolute atomic E-state index is 0.0678. The molecule has 5 nitrogen and oxygen atoms in total. The molecular weight excluding hydrogens is 356 g/mol. The molecule has 0 radical (unpaired) electrons. The van der Waals surface area contributed by atoms with E-state index in [9.17, 15) is 4.79 Å². The van der Waals surface area contributed by atoms with E-state index in [1.165, 1.54) is 5.56 Å². The molecule has 4 rings (SSSR count). The standard InChI is InChI=1S/C21H22N4OS/c26-21(24-14-18-7-4-12-27-18)17-8-9-23-20(13-17)25-11-10-22-19(15-25)16-5-2-1-3-6-16/h1-9,12-13,19,22H,10-11,14-15H2,(H,24,26). The molecule has 1 amide bonds. The molecule has 0 saturated carbocycles. The summed E-state index contributed by atoms with van der Waals surface area (Å²) in [4.78, 5) is 20.4. The van der Waals surface area contributed by atoms with Crippen molar-refractivity contribution in [2.45, 2.75) is 12.6 Å². The van der Waals surface area contributed by atoms with E-state index in [-0.39, 0.29) is 11.9 Å². The number of piperazine rings is 1. The Morgan fingerprint density at radius 3 is 2.93 bits per heavy atom. The highest BCUT2D eigenvalue weighted by molar-refractivity contribution is 7.09. The van der Waals surface area contributed by atoms with Crippen molar-refractivity contribution in [3.8, 4) is 0 Å². The molecule has 2 aromatic heterocycles. The predicted molar refractivity (Wildman–Crippen MR) is 109 cm³/mol. The molecule has 1 unspecified atom stereocenters. The molecule has 1 aliphatic heterocycles. The lowest BCUT2D eigenvalue weighted by molar-refractivity contribution is 0.0951. The molecule has 0 aliphatic carbocycles. The Morgan fingerprint density at radius 1 is 1.22 bits per heavy atom. The number of aromatic nitrogens is 1. The summed E-state index contributed by atoms with van der Waals surface area (Å²) in [7, 11) is 0. The molecule has 138 valence electrons. The molecule has 1 aliphatic rings. The fourth-order valence-corrected chi connectivity index (χ4v) is 3.93. The van der Waals surface area contributed by atoms with Crippen molar-refractivity contribution in [1.82, 2.24) is 15.6 Å². The maximum atomic E-state index is 12.5. The molecule has 6 heteroatoms. The third-order valence-electron chi connectivity index (χ3n) is 4.71. The van der Waals surface area contributed by atoms with Crippen molar-refractivity contribution in [3.05, 3.63) is 82.2 Å². The number of carbonyl (C=O) groups excluding carboxylic acids is 1. The molecule has 1 saturated heterocycles. The summed E-state index contributed by atoms with van der Waals surface area (Å²) in [5, 5.41) is 8.55. The Morgan fingerprint density at radius 2 is 2.11 bits per heavy atom. The zero-order valence-corrected chi connectivity index (χ0v) is 15.8. The minimum Gasteiger partial charge on any atom is -0.353 e. The van der Waals surface area contributed by atoms with Crippen molar-refractivity contribution < 1.29 is 4.79 Å². The first kappa shape index (κ1) is 17.7. The number of pyridine rings is 1. The van der Waals surface area contributed by atoms with Gasteiger partial charge >= 0.3 is 0 Å². The monoisotopic (exact) mass is 378 g/mol. The highest BCUT2D eigenvalue weighted by Crippen LogP contribution is 2.21. The SMILES string of the molecule is O=C(NCc1cccs1)c1ccnc(N2CCNC(c3ccccc3)C2)c1. The summed E-state index contributed by atoms with van der Waals surface area (Å²) in [6.45, 7) is 3.14. The van der Waals surface area contributed by atoms with E-state index in [1.54, 1.807) is 23.6 Å². The van der Waals surface area contributed by atoms with Crippen LogP contribution < -0.4 is 15.5 Å². The molecule has 0 bridgehead atoms. The summed E-state index contributed by atoms with van der Waals surface area (Å²) in [6, 6.07) is 18.4. The smallest absolute Gasteiger partial charge is 0.251 e. The van der Waals surface area contributed by atoms with Crippen LogP contribution >= 0.6 is 11.3 Å². The summed E-state index contributed by atoms with van der Waals surface area (Å²) >= 11 is 1.64. The number of rotatable bonds is 5. The van der Waals surface area contributed by atoms with Crippen molar-refractivity contribution >= 4 is 23.1 Å². The van der Waals surface area contributed by atoms with E-state index in [1.807, 2.05) is 29.6 Å². The van der Waals surface area contributed by atoms with Crippen LogP contribution in [-0.2, 0) is 6.54 Å². The van der Waals surface area contributed by atoms with Crippen LogP contribution in [0.2, 0.25) is 0 Å². The van der Waals surface area contributed by atoms with Gasteiger partial charge in [-0.25, -0.2) is 4.98 Å². The lowest BCUT2D eigenvalue weighted by Gasteiger charge is -2.34. The van der Waals surface area contributed by atoms with Crippen molar-refractivity contribution in [1.29, 1.82) is 0 Å². The van der Waals surface area contributed by atoms with Gasteiger partial charge in [0.1, 0.15) is 5.82 Å². The second kappa shape index (κ2) is 8.33. The van der Waals surface area contributed by atoms with Gasteiger partial charge < -0.3 is 15.5 Å². The average Bonchev–Trinajstić information content (AvgIpc) is 3.26. The summed E-state index contributed by atoms with van der Waals surface area (Å²) in [6.07, 6.45) is 1.72. The Balaban J connectivity index is 1.44. The molecular formula is C21H22N4OS. The summed E-state index contributed by atoms with van der Waals surface area (Å²) < 4.78 is 0. The number of carbonyl (C=O) groups is 1. The van der Waals surface area contributed by atoms with Gasteiger partial charge in [0.15, 0.2) is 0 Å². The van der Waals surface area contributed by atoms with Crippen LogP contribution in [0.5, 0.6) is 0 Å². The van der Waals surface area contributed by atoms with Gasteiger partial charge in [-0.1, -0.05) is 36.4 Å². The van der Waals surface area contributed by atoms with Crippen LogP contribution in [0.25, 0.3) is 0 Å². The largest absolute Gasteiger partial charge is 0.353 e. The first-order valence-electron chi connectivity index (χ1n) is 9.09. The third-order valence-corrected chi connectivity index (χ3v) is 5.59. The number of hydrogen-bond acceptors (Lipinski definition) is 5. The Hall–Kier alpha value is -2.70. The maximum absolute atomic E-state index is 12.5. The zero-order chi connectivity index (χ0) is 18.5. The van der Waals surface area contributed by atoms with Crippen molar-refractivity contribution in [2.24, 2.45) is 0 Å². The number of nitrogens with one attached hydrogen (secondary N) is 2. The third kappa shape index (κ3) is 4.35. The number of hydrogen-bond donors (Lipinski definition) is 2. The lowest BCUT2D eigenvalue weighted by atomic mass is 10.0. The second-order valence-corrected chi connectivity index (χ2v) is 7.56. The normalized spacial score (nSPS) is 16.9. The van der Waals surface area contributed by atoms with E-state index in [0.717, 1.165) is 30.3 Å². The van der Waals surface area contributed by atoms with Crippen LogP contribution in [-0.4, -0.2) is 30.5 Å². The number of benzene rings is 1. The molecule has 0 spiro atoms. The molecule has 1 fully saturated rings. The molecule has 27 heavy (non-hydrogen) atoms. The van der Waals surface area contributed by atoms with Crippen molar-refractivity contribution in [2.75, 3.05) is 24.5 Å². The first-order chi connectivity index (χ1) is 13.3. The van der Waals surface area contributed by atoms with Crippen LogP contribution in [0.15, 0.2) is 66.2 Å². The Labute approximate surface area is 163 Å². The first-order valence-corrected chi connectivity index (χ1v) is 9.97. The number of nitrogens with zero attached hydrogens (tertiary/aromatic N) is 2. The minimum atomic E-state index is -0.0678. The van der Waals surface area contributed by atoms with Gasteiger partial charge in [0, 0.05) is 42.3 Å². The quantitative estimate of drug-likeness (QED) is 0.716. The van der Waals surface area contributed by atoms with E-state index in [0.29, 0.717) is 12.1 Å². The van der Waals surface area contributed by atoms with Gasteiger partial charge in [0.05, 0.1) is 6.54 Å². The highest BCUT2D eigenvalue weighted by atomic mass is 32.1. The van der Waals surface area contributed by atoms with Gasteiger partial charge in [-0.2, -0.15) is 0 Å². The number of amides is 1. The topological polar surface area (TPSA) is 57.3 Å². The molecule has 3 heterocycles. The molecule has 1 atom stereocenters. The van der Waals surface area contributed by atoms with Crippen LogP contribution in [0.3, 0.4) is 0 Å². The van der Waals surface area contributed by atoms with Crippen molar-refractivity contribution in [3.63, 3.8) is 0 Å². The fraction of sp³-hybridized carbons (Fsp3) is 0.238. The second-order valence-electron chi connectivity index (χ2n) is 6.53. The maximum Gasteiger partial charge on any atom is 0.251 e. The molecule has 3 aromatic rings. The molecule has 2 N–H and O–H groups in total. The number of anilines is 1. The van der Waals surface area contributed by atoms with E-state index < -0.39 is 0 Å². The van der Waals surface area contributed by atoms with Gasteiger partial charge in [0.2, 0.25) is 0 Å². The van der Waals surface area contributed by atoms with Crippen LogP contribution in [0.1, 0.15) is 26.8 Å². The van der Waals surface area contributed by atoms with Crippen LogP contribution in [0.4, 0.5) is 5.82 Å². The lowest BCUT2D eigenvalue weighted by Crippen LogP contribution is -2.46. The number of thiophene rings is 1. The highest BCUT2D eigenvalue weighted by Gasteiger charge is 2.22.